The van der Waals surface area contributed by atoms with Crippen LogP contribution < -0.4 is 5.73 Å². The Kier molecular flexibility index (Phi) is 4.66. The van der Waals surface area contributed by atoms with Crippen molar-refractivity contribution in [1.29, 1.82) is 0 Å². The third kappa shape index (κ3) is 2.88. The number of nitrogens with zero attached hydrogens (tertiary/aromatic N) is 1. The number of rotatable bonds is 2. The monoisotopic (exact) mass is 270 g/mol. The van der Waals surface area contributed by atoms with Gasteiger partial charge in [-0.15, -0.1) is 0 Å². The molecule has 3 heteroatoms. The van der Waals surface area contributed by atoms with Crippen LogP contribution in [0.5, 0.6) is 0 Å². The summed E-state index contributed by atoms with van der Waals surface area (Å²) in [6.07, 6.45) is 6.67. The average molecular weight is 270 g/mol. The molecule has 0 aliphatic carbocycles. The van der Waals surface area contributed by atoms with Gasteiger partial charge in [0.2, 0.25) is 0 Å². The summed E-state index contributed by atoms with van der Waals surface area (Å²) in [4.78, 5) is 2.75. The van der Waals surface area contributed by atoms with E-state index in [2.05, 4.69) is 37.4 Å². The highest BCUT2D eigenvalue weighted by atomic mass is 32.2. The Morgan fingerprint density at radius 1 is 1.17 bits per heavy atom. The molecule has 0 aromatic rings. The van der Waals surface area contributed by atoms with E-state index in [1.807, 2.05) is 0 Å². The first kappa shape index (κ1) is 14.7. The number of thioether (sulfide) groups is 1. The summed E-state index contributed by atoms with van der Waals surface area (Å²) in [5.74, 6) is 1.32. The van der Waals surface area contributed by atoms with E-state index in [0.29, 0.717) is 10.7 Å². The number of likely N-dealkylation sites (tertiary alicyclic amines) is 1. The molecule has 0 radical (unpaired) electrons. The van der Waals surface area contributed by atoms with E-state index in [0.717, 1.165) is 6.54 Å². The molecule has 0 amide bonds. The minimum Gasteiger partial charge on any atom is -0.329 e. The van der Waals surface area contributed by atoms with Crippen LogP contribution in [0.2, 0.25) is 0 Å². The highest BCUT2D eigenvalue weighted by Crippen LogP contribution is 2.40. The highest BCUT2D eigenvalue weighted by Gasteiger charge is 2.43. The van der Waals surface area contributed by atoms with Gasteiger partial charge in [0.25, 0.3) is 0 Å². The molecule has 2 heterocycles. The maximum absolute atomic E-state index is 6.22. The second kappa shape index (κ2) is 5.72. The molecule has 2 nitrogen and oxygen atoms in total. The van der Waals surface area contributed by atoms with Gasteiger partial charge in [0, 0.05) is 17.3 Å². The van der Waals surface area contributed by atoms with Gasteiger partial charge in [0.05, 0.1) is 0 Å². The van der Waals surface area contributed by atoms with Crippen molar-refractivity contribution in [2.45, 2.75) is 63.7 Å². The van der Waals surface area contributed by atoms with Gasteiger partial charge in [-0.25, -0.2) is 0 Å². The van der Waals surface area contributed by atoms with Crippen LogP contribution in [0.25, 0.3) is 0 Å². The van der Waals surface area contributed by atoms with E-state index < -0.39 is 0 Å². The summed E-state index contributed by atoms with van der Waals surface area (Å²) in [5.41, 5.74) is 7.03. The predicted molar refractivity (Wildman–Crippen MR) is 82.1 cm³/mol. The fourth-order valence-corrected chi connectivity index (χ4v) is 5.02. The predicted octanol–water partition coefficient (Wildman–Crippen LogP) is 3.11. The lowest BCUT2D eigenvalue weighted by Gasteiger charge is -2.49. The van der Waals surface area contributed by atoms with Crippen molar-refractivity contribution >= 4 is 11.8 Å². The van der Waals surface area contributed by atoms with Gasteiger partial charge in [0.15, 0.2) is 0 Å². The molecule has 0 saturated carbocycles. The smallest absolute Gasteiger partial charge is 0.0447 e. The molecule has 0 bridgehead atoms. The van der Waals surface area contributed by atoms with Gasteiger partial charge in [-0.05, 0) is 56.4 Å². The largest absolute Gasteiger partial charge is 0.329 e. The van der Waals surface area contributed by atoms with Crippen LogP contribution in [0.4, 0.5) is 0 Å². The molecule has 0 aromatic heterocycles. The molecule has 2 aliphatic rings. The molecule has 2 saturated heterocycles. The zero-order valence-electron chi connectivity index (χ0n) is 12.4. The van der Waals surface area contributed by atoms with Crippen LogP contribution in [-0.2, 0) is 0 Å². The first-order valence-electron chi connectivity index (χ1n) is 7.57. The standard InChI is InChI=1S/C15H30N2S/c1-13-15(12-16,7-5-11-18-13)17-9-4-6-14(2,3)8-10-17/h13H,4-12,16H2,1-3H3. The summed E-state index contributed by atoms with van der Waals surface area (Å²) < 4.78 is 0. The van der Waals surface area contributed by atoms with Gasteiger partial charge < -0.3 is 5.73 Å². The maximum Gasteiger partial charge on any atom is 0.0447 e. The average Bonchev–Trinajstić information content (AvgIpc) is 2.52. The van der Waals surface area contributed by atoms with Crippen molar-refractivity contribution < 1.29 is 0 Å². The number of nitrogens with two attached hydrogens (primary N) is 1. The number of hydrogen-bond donors (Lipinski definition) is 1. The van der Waals surface area contributed by atoms with Crippen LogP contribution >= 0.6 is 11.8 Å². The molecular formula is C15H30N2S. The summed E-state index contributed by atoms with van der Waals surface area (Å²) in [6, 6.07) is 0. The lowest BCUT2D eigenvalue weighted by molar-refractivity contribution is 0.0823. The lowest BCUT2D eigenvalue weighted by atomic mass is 9.85. The van der Waals surface area contributed by atoms with E-state index in [1.165, 1.54) is 50.9 Å². The van der Waals surface area contributed by atoms with Crippen LogP contribution in [0, 0.1) is 5.41 Å². The Morgan fingerprint density at radius 2 is 1.94 bits per heavy atom. The zero-order chi connectivity index (χ0) is 13.2. The van der Waals surface area contributed by atoms with Crippen LogP contribution in [0.15, 0.2) is 0 Å². The molecule has 2 fully saturated rings. The summed E-state index contributed by atoms with van der Waals surface area (Å²) >= 11 is 2.13. The number of hydrogen-bond acceptors (Lipinski definition) is 3. The van der Waals surface area contributed by atoms with Crippen molar-refractivity contribution in [2.75, 3.05) is 25.4 Å². The van der Waals surface area contributed by atoms with Gasteiger partial charge in [-0.1, -0.05) is 20.8 Å². The van der Waals surface area contributed by atoms with Gasteiger partial charge in [-0.3, -0.25) is 4.90 Å². The highest BCUT2D eigenvalue weighted by molar-refractivity contribution is 8.00. The Balaban J connectivity index is 2.12. The van der Waals surface area contributed by atoms with Gasteiger partial charge in [0.1, 0.15) is 0 Å². The second-order valence-corrected chi connectivity index (χ2v) is 8.38. The molecule has 106 valence electrons. The van der Waals surface area contributed by atoms with Crippen molar-refractivity contribution in [3.05, 3.63) is 0 Å². The second-order valence-electron chi connectivity index (χ2n) is 6.93. The van der Waals surface area contributed by atoms with Crippen LogP contribution in [0.1, 0.15) is 52.9 Å². The van der Waals surface area contributed by atoms with Gasteiger partial charge >= 0.3 is 0 Å². The van der Waals surface area contributed by atoms with E-state index in [-0.39, 0.29) is 5.54 Å². The van der Waals surface area contributed by atoms with Crippen LogP contribution in [-0.4, -0.2) is 41.1 Å². The van der Waals surface area contributed by atoms with Crippen molar-refractivity contribution in [3.63, 3.8) is 0 Å². The third-order valence-electron chi connectivity index (χ3n) is 5.20. The lowest BCUT2D eigenvalue weighted by Crippen LogP contribution is -2.61. The van der Waals surface area contributed by atoms with Crippen molar-refractivity contribution in [3.8, 4) is 0 Å². The fraction of sp³-hybridized carbons (Fsp3) is 1.00. The molecule has 2 unspecified atom stereocenters. The summed E-state index contributed by atoms with van der Waals surface area (Å²) in [6.45, 7) is 10.6. The quantitative estimate of drug-likeness (QED) is 0.836. The van der Waals surface area contributed by atoms with E-state index in [4.69, 9.17) is 5.73 Å². The van der Waals surface area contributed by atoms with Crippen molar-refractivity contribution in [2.24, 2.45) is 11.1 Å². The molecule has 2 rings (SSSR count). The third-order valence-corrected chi connectivity index (χ3v) is 6.67. The zero-order valence-corrected chi connectivity index (χ0v) is 13.2. The summed E-state index contributed by atoms with van der Waals surface area (Å²) in [5, 5.41) is 0.692. The SMILES string of the molecule is CC1SCCCC1(CN)N1CCCC(C)(C)CC1. The fourth-order valence-electron chi connectivity index (χ4n) is 3.68. The Hall–Kier alpha value is 0.270. The molecule has 0 aromatic carbocycles. The first-order chi connectivity index (χ1) is 8.50. The molecule has 0 spiro atoms. The Morgan fingerprint density at radius 3 is 2.61 bits per heavy atom. The van der Waals surface area contributed by atoms with Crippen LogP contribution in [0.3, 0.4) is 0 Å². The molecule has 18 heavy (non-hydrogen) atoms. The molecule has 2 aliphatic heterocycles. The van der Waals surface area contributed by atoms with E-state index in [1.54, 1.807) is 0 Å². The first-order valence-corrected chi connectivity index (χ1v) is 8.62. The normalized spacial score (nSPS) is 38.3. The van der Waals surface area contributed by atoms with E-state index in [9.17, 15) is 0 Å². The van der Waals surface area contributed by atoms with E-state index >= 15 is 0 Å². The Labute approximate surface area is 117 Å². The molecule has 2 atom stereocenters. The maximum atomic E-state index is 6.22. The molecule has 2 N–H and O–H groups in total. The minimum atomic E-state index is 0.281. The summed E-state index contributed by atoms with van der Waals surface area (Å²) in [7, 11) is 0. The topological polar surface area (TPSA) is 29.3 Å². The Bertz CT molecular complexity index is 280. The molecular weight excluding hydrogens is 240 g/mol. The van der Waals surface area contributed by atoms with Gasteiger partial charge in [-0.2, -0.15) is 11.8 Å². The van der Waals surface area contributed by atoms with Crippen molar-refractivity contribution in [1.82, 2.24) is 4.90 Å². The minimum absolute atomic E-state index is 0.281.